The fraction of sp³-hybridized carbons (Fsp3) is 0.533. The van der Waals surface area contributed by atoms with Crippen LogP contribution in [0, 0.1) is 0 Å². The second kappa shape index (κ2) is 6.79. The van der Waals surface area contributed by atoms with Gasteiger partial charge in [0.05, 0.1) is 6.54 Å². The van der Waals surface area contributed by atoms with Gasteiger partial charge in [0.2, 0.25) is 0 Å². The van der Waals surface area contributed by atoms with Gasteiger partial charge in [0.1, 0.15) is 0 Å². The van der Waals surface area contributed by atoms with Crippen LogP contribution in [-0.4, -0.2) is 38.5 Å². The lowest BCUT2D eigenvalue weighted by Gasteiger charge is -2.19. The maximum Gasteiger partial charge on any atom is 0.255 e. The van der Waals surface area contributed by atoms with Crippen LogP contribution in [0.4, 0.5) is 14.5 Å². The van der Waals surface area contributed by atoms with Crippen LogP contribution in [0.25, 0.3) is 0 Å². The Morgan fingerprint density at radius 3 is 3.00 bits per heavy atom. The lowest BCUT2D eigenvalue weighted by atomic mass is 9.94. The zero-order chi connectivity index (χ0) is 15.0. The second-order valence-electron chi connectivity index (χ2n) is 5.66. The number of carbonyl (C=O) groups is 1. The van der Waals surface area contributed by atoms with Crippen molar-refractivity contribution in [1.29, 1.82) is 0 Å². The number of alkyl halides is 2. The van der Waals surface area contributed by atoms with E-state index in [1.54, 1.807) is 6.07 Å². The Labute approximate surface area is 134 Å². The van der Waals surface area contributed by atoms with Gasteiger partial charge >= 0.3 is 0 Å². The Morgan fingerprint density at radius 2 is 2.27 bits per heavy atom. The van der Waals surface area contributed by atoms with Crippen molar-refractivity contribution in [2.45, 2.75) is 25.8 Å². The summed E-state index contributed by atoms with van der Waals surface area (Å²) in [6, 6.07) is 3.70. The Balaban J connectivity index is 0.00000176. The number of nitrogens with zero attached hydrogens (tertiary/aromatic N) is 1. The highest BCUT2D eigenvalue weighted by molar-refractivity contribution is 5.98. The lowest BCUT2D eigenvalue weighted by molar-refractivity contribution is 0.0890. The fourth-order valence-corrected chi connectivity index (χ4v) is 3.28. The summed E-state index contributed by atoms with van der Waals surface area (Å²) >= 11 is 0. The molecule has 1 amide bonds. The van der Waals surface area contributed by atoms with Crippen LogP contribution in [0.2, 0.25) is 0 Å². The molecule has 3 rings (SSSR count). The molecule has 22 heavy (non-hydrogen) atoms. The van der Waals surface area contributed by atoms with Crippen molar-refractivity contribution >= 4 is 24.0 Å². The number of amides is 1. The van der Waals surface area contributed by atoms with Crippen molar-refractivity contribution in [2.24, 2.45) is 0 Å². The third-order valence-corrected chi connectivity index (χ3v) is 4.14. The van der Waals surface area contributed by atoms with Gasteiger partial charge in [0.15, 0.2) is 0 Å². The minimum Gasteiger partial charge on any atom is -0.369 e. The number of anilines is 1. The molecule has 2 aliphatic rings. The molecule has 2 heterocycles. The molecule has 0 saturated carbocycles. The van der Waals surface area contributed by atoms with Crippen molar-refractivity contribution in [2.75, 3.05) is 31.1 Å². The van der Waals surface area contributed by atoms with E-state index in [1.807, 2.05) is 6.07 Å². The number of hydrogen-bond donors (Lipinski definition) is 2. The van der Waals surface area contributed by atoms with E-state index in [-0.39, 0.29) is 18.3 Å². The van der Waals surface area contributed by atoms with Crippen molar-refractivity contribution < 1.29 is 13.6 Å². The molecule has 0 fully saturated rings. The van der Waals surface area contributed by atoms with Gasteiger partial charge in [-0.05, 0) is 17.2 Å². The first-order chi connectivity index (χ1) is 10.1. The Kier molecular flexibility index (Phi) is 5.24. The summed E-state index contributed by atoms with van der Waals surface area (Å²) in [5.74, 6) is -0.163. The van der Waals surface area contributed by atoms with E-state index < -0.39 is 18.9 Å². The van der Waals surface area contributed by atoms with Crippen LogP contribution < -0.4 is 15.5 Å². The van der Waals surface area contributed by atoms with Gasteiger partial charge in [-0.3, -0.25) is 4.79 Å². The third kappa shape index (κ3) is 3.03. The van der Waals surface area contributed by atoms with Crippen molar-refractivity contribution in [3.63, 3.8) is 0 Å². The van der Waals surface area contributed by atoms with Gasteiger partial charge < -0.3 is 15.5 Å². The van der Waals surface area contributed by atoms with Gasteiger partial charge in [0.25, 0.3) is 12.3 Å². The van der Waals surface area contributed by atoms with E-state index in [2.05, 4.69) is 22.5 Å². The summed E-state index contributed by atoms with van der Waals surface area (Å²) in [7, 11) is 0. The highest BCUT2D eigenvalue weighted by Gasteiger charge is 2.33. The first kappa shape index (κ1) is 17.0. The number of halogens is 3. The molecule has 2 N–H and O–H groups in total. The predicted molar refractivity (Wildman–Crippen MR) is 84.4 cm³/mol. The molecule has 7 heteroatoms. The molecular formula is C15H20ClF2N3O. The van der Waals surface area contributed by atoms with Crippen LogP contribution in [-0.2, 0) is 6.54 Å². The van der Waals surface area contributed by atoms with Gasteiger partial charge in [-0.1, -0.05) is 13.0 Å². The predicted octanol–water partition coefficient (Wildman–Crippen LogP) is 2.13. The van der Waals surface area contributed by atoms with E-state index in [0.29, 0.717) is 5.56 Å². The van der Waals surface area contributed by atoms with Gasteiger partial charge in [-0.2, -0.15) is 0 Å². The molecule has 0 bridgehead atoms. The topological polar surface area (TPSA) is 44.4 Å². The molecule has 1 aromatic carbocycles. The number of nitrogens with one attached hydrogen (secondary N) is 2. The molecule has 0 aromatic heterocycles. The van der Waals surface area contributed by atoms with Crippen molar-refractivity contribution in [3.05, 3.63) is 28.8 Å². The average molecular weight is 332 g/mol. The van der Waals surface area contributed by atoms with Crippen LogP contribution in [0.1, 0.15) is 34.3 Å². The first-order valence-corrected chi connectivity index (χ1v) is 7.25. The van der Waals surface area contributed by atoms with E-state index in [1.165, 1.54) is 5.56 Å². The van der Waals surface area contributed by atoms with Gasteiger partial charge in [-0.15, -0.1) is 12.4 Å². The summed E-state index contributed by atoms with van der Waals surface area (Å²) in [5.41, 5.74) is 3.84. The molecule has 122 valence electrons. The van der Waals surface area contributed by atoms with E-state index in [9.17, 15) is 13.6 Å². The highest BCUT2D eigenvalue weighted by atomic mass is 35.5. The fourth-order valence-electron chi connectivity index (χ4n) is 3.28. The standard InChI is InChI=1S/C15H19F2N3O.ClH/c1-9-8-20-5-4-18-6-10-2-3-11(13(9)14(10)20)15(21)19-7-12(16)17;/h2-3,9,12,18H,4-8H2,1H3,(H,19,21);1H/t9-;/m0./s1. The SMILES string of the molecule is C[C@H]1CN2CCNCc3ccc(C(=O)NCC(F)F)c1c32.Cl. The zero-order valence-corrected chi connectivity index (χ0v) is 13.2. The number of benzene rings is 1. The smallest absolute Gasteiger partial charge is 0.255 e. The van der Waals surface area contributed by atoms with Crippen LogP contribution in [0.5, 0.6) is 0 Å². The summed E-state index contributed by atoms with van der Waals surface area (Å²) in [5, 5.41) is 5.67. The molecule has 0 saturated heterocycles. The monoisotopic (exact) mass is 331 g/mol. The molecule has 0 unspecified atom stereocenters. The summed E-state index contributed by atoms with van der Waals surface area (Å²) in [6.07, 6.45) is -2.53. The van der Waals surface area contributed by atoms with Crippen molar-refractivity contribution in [3.8, 4) is 0 Å². The highest BCUT2D eigenvalue weighted by Crippen LogP contribution is 2.41. The molecule has 1 atom stereocenters. The number of rotatable bonds is 3. The minimum absolute atomic E-state index is 0. The number of carbonyl (C=O) groups excluding carboxylic acids is 1. The van der Waals surface area contributed by atoms with E-state index >= 15 is 0 Å². The number of hydrogen-bond acceptors (Lipinski definition) is 3. The third-order valence-electron chi connectivity index (χ3n) is 4.14. The maximum absolute atomic E-state index is 12.3. The quantitative estimate of drug-likeness (QED) is 0.892. The minimum atomic E-state index is -2.53. The molecule has 0 radical (unpaired) electrons. The summed E-state index contributed by atoms with van der Waals surface area (Å²) < 4.78 is 24.5. The summed E-state index contributed by atoms with van der Waals surface area (Å²) in [4.78, 5) is 14.5. The lowest BCUT2D eigenvalue weighted by Crippen LogP contribution is -2.29. The Morgan fingerprint density at radius 1 is 1.50 bits per heavy atom. The Hall–Kier alpha value is -1.40. The van der Waals surface area contributed by atoms with Crippen LogP contribution in [0.15, 0.2) is 12.1 Å². The van der Waals surface area contributed by atoms with Gasteiger partial charge in [-0.25, -0.2) is 8.78 Å². The molecule has 1 aromatic rings. The summed E-state index contributed by atoms with van der Waals surface area (Å²) in [6.45, 7) is 4.96. The molecule has 0 spiro atoms. The van der Waals surface area contributed by atoms with Crippen LogP contribution >= 0.6 is 12.4 Å². The zero-order valence-electron chi connectivity index (χ0n) is 12.4. The maximum atomic E-state index is 12.3. The largest absolute Gasteiger partial charge is 0.369 e. The Bertz CT molecular complexity index is 568. The van der Waals surface area contributed by atoms with Crippen molar-refractivity contribution in [1.82, 2.24) is 10.6 Å². The van der Waals surface area contributed by atoms with E-state index in [0.717, 1.165) is 37.4 Å². The molecule has 2 aliphatic heterocycles. The molecule has 4 nitrogen and oxygen atoms in total. The van der Waals surface area contributed by atoms with Gasteiger partial charge in [0, 0.05) is 43.3 Å². The van der Waals surface area contributed by atoms with E-state index in [4.69, 9.17) is 0 Å². The van der Waals surface area contributed by atoms with Crippen LogP contribution in [0.3, 0.4) is 0 Å². The average Bonchev–Trinajstić information content (AvgIpc) is 2.66. The second-order valence-corrected chi connectivity index (χ2v) is 5.66. The first-order valence-electron chi connectivity index (χ1n) is 7.25. The molecule has 0 aliphatic carbocycles. The molecular weight excluding hydrogens is 312 g/mol. The normalized spacial score (nSPS) is 19.5.